The highest BCUT2D eigenvalue weighted by atomic mass is 79.9. The first-order valence-electron chi connectivity index (χ1n) is 6.67. The lowest BCUT2D eigenvalue weighted by molar-refractivity contribution is -0.116. The molecular formula is C15H20BrFO2. The SMILES string of the molecule is CC(C)C1CC(O)(Cc2ccc(F)cc2Br)CCO1. The van der Waals surface area contributed by atoms with Crippen LogP contribution < -0.4 is 0 Å². The summed E-state index contributed by atoms with van der Waals surface area (Å²) in [5.41, 5.74) is 0.182. The van der Waals surface area contributed by atoms with Crippen molar-refractivity contribution in [3.8, 4) is 0 Å². The number of halogens is 2. The molecule has 0 spiro atoms. The number of benzene rings is 1. The van der Waals surface area contributed by atoms with Gasteiger partial charge in [-0.15, -0.1) is 0 Å². The molecule has 1 fully saturated rings. The van der Waals surface area contributed by atoms with Crippen LogP contribution in [-0.4, -0.2) is 23.4 Å². The molecule has 1 heterocycles. The maximum atomic E-state index is 13.1. The summed E-state index contributed by atoms with van der Waals surface area (Å²) < 4.78 is 19.5. The molecule has 0 bridgehead atoms. The second kappa shape index (κ2) is 5.90. The summed E-state index contributed by atoms with van der Waals surface area (Å²) >= 11 is 3.36. The third-order valence-electron chi connectivity index (χ3n) is 3.76. The van der Waals surface area contributed by atoms with E-state index in [-0.39, 0.29) is 11.9 Å². The Bertz CT molecular complexity index is 450. The van der Waals surface area contributed by atoms with E-state index in [1.165, 1.54) is 12.1 Å². The Morgan fingerprint density at radius 2 is 2.26 bits per heavy atom. The molecular weight excluding hydrogens is 311 g/mol. The maximum Gasteiger partial charge on any atom is 0.124 e. The summed E-state index contributed by atoms with van der Waals surface area (Å²) in [7, 11) is 0. The summed E-state index contributed by atoms with van der Waals surface area (Å²) in [5.74, 6) is 0.123. The fourth-order valence-corrected chi connectivity index (χ4v) is 3.04. The molecule has 2 nitrogen and oxygen atoms in total. The first-order valence-corrected chi connectivity index (χ1v) is 7.47. The highest BCUT2D eigenvalue weighted by Gasteiger charge is 2.36. The molecule has 1 saturated heterocycles. The molecule has 1 N–H and O–H groups in total. The van der Waals surface area contributed by atoms with Crippen molar-refractivity contribution in [2.24, 2.45) is 5.92 Å². The minimum atomic E-state index is -0.756. The van der Waals surface area contributed by atoms with Gasteiger partial charge in [0.05, 0.1) is 11.7 Å². The lowest BCUT2D eigenvalue weighted by Crippen LogP contribution is -2.44. The second-order valence-electron chi connectivity index (χ2n) is 5.74. The van der Waals surface area contributed by atoms with E-state index in [1.807, 2.05) is 0 Å². The maximum absolute atomic E-state index is 13.1. The van der Waals surface area contributed by atoms with Gasteiger partial charge in [0.1, 0.15) is 5.82 Å². The zero-order valence-corrected chi connectivity index (χ0v) is 12.9. The minimum absolute atomic E-state index is 0.0953. The predicted molar refractivity (Wildman–Crippen MR) is 76.6 cm³/mol. The van der Waals surface area contributed by atoms with Gasteiger partial charge in [0.15, 0.2) is 0 Å². The molecule has 19 heavy (non-hydrogen) atoms. The van der Waals surface area contributed by atoms with E-state index in [9.17, 15) is 9.50 Å². The molecule has 2 rings (SSSR count). The van der Waals surface area contributed by atoms with Gasteiger partial charge < -0.3 is 9.84 Å². The number of hydrogen-bond acceptors (Lipinski definition) is 2. The van der Waals surface area contributed by atoms with Gasteiger partial charge in [0.25, 0.3) is 0 Å². The number of hydrogen-bond donors (Lipinski definition) is 1. The van der Waals surface area contributed by atoms with Crippen LogP contribution >= 0.6 is 15.9 Å². The van der Waals surface area contributed by atoms with E-state index < -0.39 is 5.60 Å². The highest BCUT2D eigenvalue weighted by molar-refractivity contribution is 9.10. The summed E-state index contributed by atoms with van der Waals surface area (Å²) in [4.78, 5) is 0. The molecule has 1 aromatic rings. The Hall–Kier alpha value is -0.450. The van der Waals surface area contributed by atoms with E-state index in [1.54, 1.807) is 6.07 Å². The topological polar surface area (TPSA) is 29.5 Å². The second-order valence-corrected chi connectivity index (χ2v) is 6.60. The molecule has 0 radical (unpaired) electrons. The van der Waals surface area contributed by atoms with E-state index in [2.05, 4.69) is 29.8 Å². The molecule has 106 valence electrons. The fourth-order valence-electron chi connectivity index (χ4n) is 2.54. The van der Waals surface area contributed by atoms with Crippen molar-refractivity contribution in [3.63, 3.8) is 0 Å². The average Bonchev–Trinajstić information content (AvgIpc) is 2.33. The smallest absolute Gasteiger partial charge is 0.124 e. The minimum Gasteiger partial charge on any atom is -0.389 e. The van der Waals surface area contributed by atoms with Gasteiger partial charge in [-0.2, -0.15) is 0 Å². The molecule has 2 atom stereocenters. The normalized spacial score (nSPS) is 27.8. The molecule has 0 amide bonds. The molecule has 2 unspecified atom stereocenters. The monoisotopic (exact) mass is 330 g/mol. The van der Waals surface area contributed by atoms with Crippen LogP contribution in [0.25, 0.3) is 0 Å². The zero-order chi connectivity index (χ0) is 14.0. The van der Waals surface area contributed by atoms with E-state index in [0.717, 1.165) is 5.56 Å². The van der Waals surface area contributed by atoms with E-state index >= 15 is 0 Å². The van der Waals surface area contributed by atoms with Gasteiger partial charge in [-0.05, 0) is 30.0 Å². The first kappa shape index (κ1) is 14.9. The molecule has 1 aliphatic rings. The Balaban J connectivity index is 2.12. The Labute approximate surface area is 122 Å². The lowest BCUT2D eigenvalue weighted by Gasteiger charge is -2.38. The molecule has 1 aromatic carbocycles. The van der Waals surface area contributed by atoms with Crippen LogP contribution in [0.1, 0.15) is 32.3 Å². The van der Waals surface area contributed by atoms with Crippen LogP contribution in [0.4, 0.5) is 4.39 Å². The van der Waals surface area contributed by atoms with Crippen molar-refractivity contribution < 1.29 is 14.2 Å². The average molecular weight is 331 g/mol. The van der Waals surface area contributed by atoms with Crippen LogP contribution in [-0.2, 0) is 11.2 Å². The summed E-state index contributed by atoms with van der Waals surface area (Å²) in [6.45, 7) is 4.78. The predicted octanol–water partition coefficient (Wildman–Crippen LogP) is 3.70. The first-order chi connectivity index (χ1) is 8.89. The molecule has 0 saturated carbocycles. The molecule has 0 aromatic heterocycles. The van der Waals surface area contributed by atoms with Gasteiger partial charge in [-0.3, -0.25) is 0 Å². The quantitative estimate of drug-likeness (QED) is 0.915. The van der Waals surface area contributed by atoms with Crippen LogP contribution in [0.15, 0.2) is 22.7 Å². The van der Waals surface area contributed by atoms with E-state index in [0.29, 0.717) is 36.3 Å². The van der Waals surface area contributed by atoms with Gasteiger partial charge in [0, 0.05) is 23.9 Å². The van der Waals surface area contributed by atoms with Crippen molar-refractivity contribution in [1.29, 1.82) is 0 Å². The largest absolute Gasteiger partial charge is 0.389 e. The molecule has 0 aliphatic carbocycles. The lowest BCUT2D eigenvalue weighted by atomic mass is 9.82. The Morgan fingerprint density at radius 3 is 2.89 bits per heavy atom. The summed E-state index contributed by atoms with van der Waals surface area (Å²) in [6, 6.07) is 4.61. The van der Waals surface area contributed by atoms with Crippen molar-refractivity contribution >= 4 is 15.9 Å². The third kappa shape index (κ3) is 3.77. The van der Waals surface area contributed by atoms with Crippen molar-refractivity contribution in [2.75, 3.05) is 6.61 Å². The number of ether oxygens (including phenoxy) is 1. The molecule has 1 aliphatic heterocycles. The van der Waals surface area contributed by atoms with Crippen LogP contribution in [0.3, 0.4) is 0 Å². The summed E-state index contributed by atoms with van der Waals surface area (Å²) in [6.07, 6.45) is 1.88. The van der Waals surface area contributed by atoms with Gasteiger partial charge in [-0.1, -0.05) is 35.8 Å². The van der Waals surface area contributed by atoms with Gasteiger partial charge >= 0.3 is 0 Å². The molecule has 4 heteroatoms. The van der Waals surface area contributed by atoms with Gasteiger partial charge in [0.2, 0.25) is 0 Å². The number of rotatable bonds is 3. The standard InChI is InChI=1S/C15H20BrFO2/c1-10(2)14-9-15(18,5-6-19-14)8-11-3-4-12(17)7-13(11)16/h3-4,7,10,14,18H,5-6,8-9H2,1-2H3. The fraction of sp³-hybridized carbons (Fsp3) is 0.600. The van der Waals surface area contributed by atoms with Crippen LogP contribution in [0.2, 0.25) is 0 Å². The third-order valence-corrected chi connectivity index (χ3v) is 4.50. The Morgan fingerprint density at radius 1 is 1.53 bits per heavy atom. The van der Waals surface area contributed by atoms with Crippen molar-refractivity contribution in [3.05, 3.63) is 34.1 Å². The van der Waals surface area contributed by atoms with Crippen LogP contribution in [0.5, 0.6) is 0 Å². The summed E-state index contributed by atoms with van der Waals surface area (Å²) in [5, 5.41) is 10.7. The highest BCUT2D eigenvalue weighted by Crippen LogP contribution is 2.33. The van der Waals surface area contributed by atoms with Crippen LogP contribution in [0, 0.1) is 11.7 Å². The zero-order valence-electron chi connectivity index (χ0n) is 11.3. The van der Waals surface area contributed by atoms with Crippen molar-refractivity contribution in [1.82, 2.24) is 0 Å². The number of aliphatic hydroxyl groups is 1. The van der Waals surface area contributed by atoms with E-state index in [4.69, 9.17) is 4.74 Å². The van der Waals surface area contributed by atoms with Crippen molar-refractivity contribution in [2.45, 2.75) is 44.8 Å². The van der Waals surface area contributed by atoms with Gasteiger partial charge in [-0.25, -0.2) is 4.39 Å². The Kier molecular flexibility index (Phi) is 4.64.